The summed E-state index contributed by atoms with van der Waals surface area (Å²) >= 11 is 13.0. The van der Waals surface area contributed by atoms with E-state index < -0.39 is 29.7 Å². The molecule has 17 heteroatoms. The first-order valence-electron chi connectivity index (χ1n) is 18.0. The van der Waals surface area contributed by atoms with Crippen LogP contribution in [0.5, 0.6) is 17.2 Å². The van der Waals surface area contributed by atoms with Crippen molar-refractivity contribution in [3.8, 4) is 17.2 Å². The molecule has 3 fully saturated rings. The van der Waals surface area contributed by atoms with Crippen LogP contribution in [0.1, 0.15) is 42.2 Å². The molecule has 0 spiro atoms. The van der Waals surface area contributed by atoms with Crippen LogP contribution in [-0.4, -0.2) is 57.5 Å². The van der Waals surface area contributed by atoms with Crippen molar-refractivity contribution in [2.45, 2.75) is 31.1 Å². The largest absolute Gasteiger partial charge is 0.524 e. The second kappa shape index (κ2) is 13.4. The summed E-state index contributed by atoms with van der Waals surface area (Å²) in [6, 6.07) is 22.4. The molecular formula is C40H32Cl2N3O11P. The standard InChI is InChI=1S/C40H32Cl2N3O11P/c41-15-22-17-43(30-13-32(26-5-1-3-7-28(26)34(22)30)55-38(48)54-25-11-9-24(10-12-25)45(49)50)36(46)39-19-40(20-39,21-39)37(47)44-18-23(16-42)35-29-8-4-2-6-27(29)33(14-31(35)44)56-57(51,52)53/h1-14,22-23H,15-21H2,(H2,51,52,53)/t22-,23-,39?,40?/m1/s1. The van der Waals surface area contributed by atoms with E-state index in [-0.39, 0.29) is 71.4 Å². The molecule has 5 aliphatic rings. The number of anilines is 2. The maximum Gasteiger partial charge on any atom is 0.524 e. The third-order valence-corrected chi connectivity index (χ3v) is 12.9. The highest BCUT2D eigenvalue weighted by atomic mass is 35.5. The van der Waals surface area contributed by atoms with Crippen molar-refractivity contribution in [3.05, 3.63) is 106 Å². The molecule has 0 radical (unpaired) electrons. The van der Waals surface area contributed by atoms with Gasteiger partial charge in [-0.15, -0.1) is 23.2 Å². The van der Waals surface area contributed by atoms with Crippen molar-refractivity contribution in [1.82, 2.24) is 0 Å². The second-order valence-electron chi connectivity index (χ2n) is 15.1. The number of phosphoric ester groups is 1. The molecule has 292 valence electrons. The summed E-state index contributed by atoms with van der Waals surface area (Å²) in [6.07, 6.45) is -0.147. The van der Waals surface area contributed by atoms with Crippen LogP contribution in [0.4, 0.5) is 21.9 Å². The van der Waals surface area contributed by atoms with Gasteiger partial charge in [-0.1, -0.05) is 48.5 Å². The van der Waals surface area contributed by atoms with Crippen LogP contribution in [0.3, 0.4) is 0 Å². The smallest absolute Gasteiger partial charge is 0.404 e. The van der Waals surface area contributed by atoms with Gasteiger partial charge in [-0.3, -0.25) is 29.5 Å². The number of rotatable bonds is 9. The van der Waals surface area contributed by atoms with Gasteiger partial charge >= 0.3 is 14.0 Å². The van der Waals surface area contributed by atoms with Crippen molar-refractivity contribution in [2.24, 2.45) is 10.8 Å². The number of ether oxygens (including phenoxy) is 2. The van der Waals surface area contributed by atoms with Crippen LogP contribution in [0.15, 0.2) is 84.9 Å². The van der Waals surface area contributed by atoms with Gasteiger partial charge in [0, 0.05) is 71.7 Å². The van der Waals surface area contributed by atoms with Crippen LogP contribution >= 0.6 is 31.0 Å². The number of fused-ring (bicyclic) bond motifs is 6. The molecule has 5 aromatic rings. The average molecular weight is 833 g/mol. The van der Waals surface area contributed by atoms with Crippen molar-refractivity contribution in [1.29, 1.82) is 0 Å². The number of carbonyl (C=O) groups is 3. The number of nitro groups is 1. The zero-order valence-electron chi connectivity index (χ0n) is 29.8. The molecule has 57 heavy (non-hydrogen) atoms. The Hall–Kier alpha value is -5.24. The minimum atomic E-state index is -4.94. The Morgan fingerprint density at radius 3 is 1.65 bits per heavy atom. The fourth-order valence-corrected chi connectivity index (χ4v) is 10.3. The normalized spacial score (nSPS) is 23.0. The van der Waals surface area contributed by atoms with Crippen molar-refractivity contribution >= 4 is 87.6 Å². The van der Waals surface area contributed by atoms with Crippen LogP contribution in [0, 0.1) is 20.9 Å². The molecule has 2 bridgehead atoms. The molecule has 0 saturated heterocycles. The van der Waals surface area contributed by atoms with E-state index in [1.807, 2.05) is 18.2 Å². The van der Waals surface area contributed by atoms with E-state index in [4.69, 9.17) is 37.2 Å². The first-order valence-corrected chi connectivity index (χ1v) is 20.6. The van der Waals surface area contributed by atoms with Crippen LogP contribution in [0.25, 0.3) is 21.5 Å². The summed E-state index contributed by atoms with van der Waals surface area (Å²) in [4.78, 5) is 75.2. The molecule has 3 aliphatic carbocycles. The Bertz CT molecular complexity index is 2600. The minimum absolute atomic E-state index is 0.0426. The number of hydrogen-bond acceptors (Lipinski definition) is 9. The van der Waals surface area contributed by atoms with Crippen LogP contribution < -0.4 is 23.8 Å². The lowest BCUT2D eigenvalue weighted by Gasteiger charge is -2.69. The highest BCUT2D eigenvalue weighted by Gasteiger charge is 2.76. The highest BCUT2D eigenvalue weighted by molar-refractivity contribution is 7.46. The topological polar surface area (TPSA) is 186 Å². The lowest BCUT2D eigenvalue weighted by Crippen LogP contribution is -2.73. The number of benzene rings is 5. The highest BCUT2D eigenvalue weighted by Crippen LogP contribution is 2.75. The number of non-ortho nitro benzene ring substituents is 1. The molecule has 2 N–H and O–H groups in total. The number of hydrogen-bond donors (Lipinski definition) is 2. The van der Waals surface area contributed by atoms with Crippen LogP contribution in [0.2, 0.25) is 0 Å². The third kappa shape index (κ3) is 6.01. The summed E-state index contributed by atoms with van der Waals surface area (Å²) in [5, 5.41) is 13.5. The molecule has 2 amide bonds. The summed E-state index contributed by atoms with van der Waals surface area (Å²) < 4.78 is 28.0. The predicted molar refractivity (Wildman–Crippen MR) is 211 cm³/mol. The number of halogens is 2. The number of carbonyl (C=O) groups excluding carboxylic acids is 3. The zero-order chi connectivity index (χ0) is 40.0. The van der Waals surface area contributed by atoms with E-state index in [9.17, 15) is 38.8 Å². The van der Waals surface area contributed by atoms with E-state index in [1.165, 1.54) is 30.3 Å². The Labute approximate surface area is 334 Å². The van der Waals surface area contributed by atoms with Gasteiger partial charge in [-0.25, -0.2) is 9.36 Å². The van der Waals surface area contributed by atoms with E-state index in [0.717, 1.165) is 16.5 Å². The minimum Gasteiger partial charge on any atom is -0.404 e. The van der Waals surface area contributed by atoms with Gasteiger partial charge < -0.3 is 23.8 Å². The number of nitro benzene ring substituents is 1. The monoisotopic (exact) mass is 831 g/mol. The molecule has 3 saturated carbocycles. The van der Waals surface area contributed by atoms with Crippen molar-refractivity contribution in [2.75, 3.05) is 34.6 Å². The average Bonchev–Trinajstić information content (AvgIpc) is 3.72. The van der Waals surface area contributed by atoms with E-state index in [1.54, 1.807) is 46.2 Å². The van der Waals surface area contributed by atoms with Gasteiger partial charge in [-0.05, 0) is 53.3 Å². The fourth-order valence-electron chi connectivity index (χ4n) is 9.41. The summed E-state index contributed by atoms with van der Waals surface area (Å²) in [7, 11) is -4.94. The Morgan fingerprint density at radius 1 is 0.737 bits per heavy atom. The zero-order valence-corrected chi connectivity index (χ0v) is 32.2. The molecular weight excluding hydrogens is 800 g/mol. The quantitative estimate of drug-likeness (QED) is 0.0365. The van der Waals surface area contributed by atoms with E-state index in [2.05, 4.69) is 0 Å². The van der Waals surface area contributed by atoms with Gasteiger partial charge in [0.15, 0.2) is 0 Å². The first kappa shape index (κ1) is 37.3. The fraction of sp³-hybridized carbons (Fsp3) is 0.275. The lowest BCUT2D eigenvalue weighted by atomic mass is 9.34. The third-order valence-electron chi connectivity index (χ3n) is 11.7. The predicted octanol–water partition coefficient (Wildman–Crippen LogP) is 8.16. The molecule has 14 nitrogen and oxygen atoms in total. The van der Waals surface area contributed by atoms with Crippen LogP contribution in [-0.2, 0) is 14.2 Å². The second-order valence-corrected chi connectivity index (χ2v) is 16.9. The number of amides is 2. The summed E-state index contributed by atoms with van der Waals surface area (Å²) in [5.74, 6) is -0.252. The number of alkyl halides is 2. The van der Waals surface area contributed by atoms with Gasteiger partial charge in [0.2, 0.25) is 11.8 Å². The van der Waals surface area contributed by atoms with Crippen molar-refractivity contribution in [3.63, 3.8) is 0 Å². The van der Waals surface area contributed by atoms with E-state index in [0.29, 0.717) is 46.8 Å². The molecule has 0 unspecified atom stereocenters. The number of phosphoric acid groups is 1. The molecule has 10 rings (SSSR count). The molecule has 2 atom stereocenters. The molecule has 0 aromatic heterocycles. The molecule has 5 aromatic carbocycles. The van der Waals surface area contributed by atoms with Crippen molar-refractivity contribution < 1.29 is 47.7 Å². The first-order chi connectivity index (χ1) is 27.2. The maximum atomic E-state index is 14.6. The Kier molecular flexibility index (Phi) is 8.79. The SMILES string of the molecule is O=C(Oc1ccc([N+](=O)[O-])cc1)Oc1cc2c(c3ccccc13)[C@H](CCl)CN2C(=O)C12CC(C(=O)N3C[C@@H](CCl)c4c3cc(OP(=O)(O)O)c3ccccc43)(C1)C2. The van der Waals surface area contributed by atoms with Gasteiger partial charge in [0.1, 0.15) is 17.2 Å². The maximum absolute atomic E-state index is 14.6. The molecule has 2 heterocycles. The summed E-state index contributed by atoms with van der Waals surface area (Å²) in [5.41, 5.74) is 0.867. The Balaban J connectivity index is 0.982. The lowest BCUT2D eigenvalue weighted by molar-refractivity contribution is -0.384. The molecule has 2 aliphatic heterocycles. The summed E-state index contributed by atoms with van der Waals surface area (Å²) in [6.45, 7) is 0.552. The van der Waals surface area contributed by atoms with Gasteiger partial charge in [0.05, 0.1) is 27.1 Å². The van der Waals surface area contributed by atoms with Gasteiger partial charge in [-0.2, -0.15) is 0 Å². The van der Waals surface area contributed by atoms with Gasteiger partial charge in [0.25, 0.3) is 5.69 Å². The van der Waals surface area contributed by atoms with E-state index >= 15 is 0 Å². The number of nitrogens with zero attached hydrogens (tertiary/aromatic N) is 3. The Morgan fingerprint density at radius 2 is 1.19 bits per heavy atom.